The van der Waals surface area contributed by atoms with Gasteiger partial charge in [0.1, 0.15) is 47.9 Å². The summed E-state index contributed by atoms with van der Waals surface area (Å²) in [4.78, 5) is 35.8. The van der Waals surface area contributed by atoms with Gasteiger partial charge >= 0.3 is 13.5 Å². The van der Waals surface area contributed by atoms with Crippen LogP contribution >= 0.6 is 37.4 Å². The van der Waals surface area contributed by atoms with Crippen LogP contribution in [0.4, 0.5) is 11.6 Å². The van der Waals surface area contributed by atoms with Crippen molar-refractivity contribution in [3.8, 4) is 0 Å². The fraction of sp³-hybridized carbons (Fsp3) is 0.524. The number of ether oxygens (including phenoxy) is 2. The van der Waals surface area contributed by atoms with Crippen molar-refractivity contribution >= 4 is 83.1 Å². The van der Waals surface area contributed by atoms with E-state index in [1.165, 1.54) is 23.5 Å². The van der Waals surface area contributed by atoms with Crippen LogP contribution in [0.5, 0.6) is 0 Å². The molecule has 8 rings (SSSR count). The quantitative estimate of drug-likeness (QED) is 0.109. The average molecular weight is 721 g/mol. The van der Waals surface area contributed by atoms with E-state index < -0.39 is 63.0 Å². The maximum absolute atomic E-state index is 13.6. The summed E-state index contributed by atoms with van der Waals surface area (Å²) in [6.45, 7) is -8.84. The Bertz CT molecular complexity index is 1940. The molecule has 24 heteroatoms. The van der Waals surface area contributed by atoms with Crippen molar-refractivity contribution in [2.24, 2.45) is 5.92 Å². The van der Waals surface area contributed by atoms with Crippen molar-refractivity contribution in [3.63, 3.8) is 0 Å². The number of halogens is 1. The first kappa shape index (κ1) is 30.2. The number of aromatic nitrogens is 8. The molecule has 45 heavy (non-hydrogen) atoms. The molecule has 7 heterocycles. The smallest absolute Gasteiger partial charge is 0.386 e. The van der Waals surface area contributed by atoms with Crippen molar-refractivity contribution in [1.82, 2.24) is 39.0 Å². The number of nitrogens with zero attached hydrogens (tertiary/aromatic N) is 8. The molecule has 7 unspecified atom stereocenters. The maximum Gasteiger partial charge on any atom is 0.386 e. The summed E-state index contributed by atoms with van der Waals surface area (Å²) < 4.78 is 52.0. The van der Waals surface area contributed by atoms with Gasteiger partial charge in [-0.2, -0.15) is 9.97 Å². The molecule has 0 amide bonds. The lowest BCUT2D eigenvalue weighted by molar-refractivity contribution is -0.0567. The minimum atomic E-state index is -4.10. The van der Waals surface area contributed by atoms with E-state index in [0.717, 1.165) is 0 Å². The fourth-order valence-electron chi connectivity index (χ4n) is 6.09. The Labute approximate surface area is 267 Å². The molecule has 0 aromatic carbocycles. The number of thiol groups is 1. The molecule has 0 bridgehead atoms. The standard InChI is InChI=1S/C21H23ClN10O9P2S2/c22-21-29-17(24)10-19(30-21)31(4-27-10)11-8-13-6(38-15(8)11)1-36-43(35,45)41-14-7(2-37-42(34,44)40-13)39-20(12(14)33)32-5-28-9-16(23)25-3-26-18(9)32/h3-8,11-15,20,33H,1-2H2,(H,34,44)(H,35,45)(H2,23,25,26)(H2,24,29,30)/t6-,7-,8?,11+,12?,13?,14?,15?,20-,42?,43?/m1/s1. The Kier molecular flexibility index (Phi) is 7.20. The minimum Gasteiger partial charge on any atom is -0.386 e. The monoisotopic (exact) mass is 720 g/mol. The minimum absolute atomic E-state index is 0.0533. The SMILES string of the molecule is Nc1nc(Cl)nc2c1ncn2[C@@H]1C2O[C@@H]3COP(O)(=S)OC4C(O)[C@H](n5cnc6c(N)ncnc65)O[C@@H]4COP(=O)(S)OC3C21. The van der Waals surface area contributed by atoms with E-state index in [4.69, 9.17) is 62.4 Å². The molecule has 0 radical (unpaired) electrons. The zero-order chi connectivity index (χ0) is 31.4. The zero-order valence-electron chi connectivity index (χ0n) is 22.5. The van der Waals surface area contributed by atoms with Gasteiger partial charge in [-0.1, -0.05) is 12.2 Å². The maximum atomic E-state index is 13.6. The van der Waals surface area contributed by atoms with Crippen LogP contribution in [0.15, 0.2) is 19.0 Å². The van der Waals surface area contributed by atoms with Gasteiger partial charge in [-0.15, -0.1) is 0 Å². The largest absolute Gasteiger partial charge is 0.386 e. The molecular weight excluding hydrogens is 698 g/mol. The number of aliphatic hydroxyl groups is 1. The molecular formula is C21H23ClN10O9P2S2. The second kappa shape index (κ2) is 10.7. The zero-order valence-corrected chi connectivity index (χ0v) is 26.7. The lowest BCUT2D eigenvalue weighted by atomic mass is 10.1. The molecule has 4 aliphatic rings. The molecule has 3 saturated heterocycles. The van der Waals surface area contributed by atoms with Crippen molar-refractivity contribution in [1.29, 1.82) is 0 Å². The van der Waals surface area contributed by atoms with Crippen LogP contribution in [0.2, 0.25) is 5.28 Å². The highest BCUT2D eigenvalue weighted by Gasteiger charge is 2.67. The molecule has 1 saturated carbocycles. The number of hydrogen-bond donors (Lipinski definition) is 5. The molecule has 4 aromatic heterocycles. The third-order valence-corrected chi connectivity index (χ3v) is 11.4. The van der Waals surface area contributed by atoms with Crippen LogP contribution in [0, 0.1) is 5.92 Å². The van der Waals surface area contributed by atoms with Crippen LogP contribution in [-0.4, -0.2) is 98.9 Å². The van der Waals surface area contributed by atoms with Gasteiger partial charge in [-0.05, 0) is 23.4 Å². The molecule has 0 spiro atoms. The van der Waals surface area contributed by atoms with E-state index in [-0.39, 0.29) is 46.6 Å². The van der Waals surface area contributed by atoms with E-state index in [9.17, 15) is 14.6 Å². The van der Waals surface area contributed by atoms with Gasteiger partial charge in [0.05, 0.1) is 38.0 Å². The number of hydrogen-bond acceptors (Lipinski definition) is 17. The van der Waals surface area contributed by atoms with Gasteiger partial charge in [0.2, 0.25) is 5.28 Å². The van der Waals surface area contributed by atoms with Gasteiger partial charge in [0, 0.05) is 5.92 Å². The van der Waals surface area contributed by atoms with Crippen LogP contribution in [0.3, 0.4) is 0 Å². The molecule has 4 fully saturated rings. The van der Waals surface area contributed by atoms with Crippen molar-refractivity contribution in [2.45, 2.75) is 48.9 Å². The summed E-state index contributed by atoms with van der Waals surface area (Å²) in [6, 6.07) is -0.349. The average Bonchev–Trinajstić information content (AvgIpc) is 3.37. The topological polar surface area (TPSA) is 252 Å². The van der Waals surface area contributed by atoms with E-state index in [0.29, 0.717) is 11.2 Å². The predicted molar refractivity (Wildman–Crippen MR) is 160 cm³/mol. The number of rotatable bonds is 2. The van der Waals surface area contributed by atoms with Gasteiger partial charge in [0.15, 0.2) is 29.2 Å². The first-order valence-electron chi connectivity index (χ1n) is 13.3. The predicted octanol–water partition coefficient (Wildman–Crippen LogP) is 0.752. The Morgan fingerprint density at radius 3 is 2.44 bits per heavy atom. The van der Waals surface area contributed by atoms with E-state index >= 15 is 0 Å². The molecule has 11 atom stereocenters. The second-order valence-electron chi connectivity index (χ2n) is 10.7. The normalized spacial score (nSPS) is 40.0. The highest BCUT2D eigenvalue weighted by Crippen LogP contribution is 2.64. The van der Waals surface area contributed by atoms with Crippen molar-refractivity contribution < 1.29 is 42.1 Å². The third kappa shape index (κ3) is 5.14. The summed E-state index contributed by atoms with van der Waals surface area (Å²) in [5.41, 5.74) is 13.1. The summed E-state index contributed by atoms with van der Waals surface area (Å²) in [5, 5.41) is 11.2. The van der Waals surface area contributed by atoms with E-state index in [1.54, 1.807) is 4.57 Å². The lowest BCUT2D eigenvalue weighted by Crippen LogP contribution is -2.38. The first-order chi connectivity index (χ1) is 21.4. The Hall–Kier alpha value is -2.10. The van der Waals surface area contributed by atoms with Gasteiger partial charge in [-0.3, -0.25) is 18.1 Å². The Balaban J connectivity index is 1.06. The van der Waals surface area contributed by atoms with Crippen LogP contribution in [-0.2, 0) is 43.9 Å². The van der Waals surface area contributed by atoms with Crippen molar-refractivity contribution in [3.05, 3.63) is 24.3 Å². The summed E-state index contributed by atoms with van der Waals surface area (Å²) in [5.74, 6) is -0.134. The summed E-state index contributed by atoms with van der Waals surface area (Å²) >= 11 is 15.5. The number of aliphatic hydroxyl groups excluding tert-OH is 1. The highest BCUT2D eigenvalue weighted by molar-refractivity contribution is 8.44. The summed E-state index contributed by atoms with van der Waals surface area (Å²) in [7, 11) is 0. The molecule has 240 valence electrons. The number of nitrogens with two attached hydrogens (primary N) is 2. The van der Waals surface area contributed by atoms with Gasteiger partial charge in [-0.25, -0.2) is 24.5 Å². The number of nitrogen functional groups attached to an aromatic ring is 2. The highest BCUT2D eigenvalue weighted by atomic mass is 35.5. The third-order valence-electron chi connectivity index (χ3n) is 8.07. The fourth-order valence-corrected chi connectivity index (χ4v) is 9.21. The molecule has 19 nitrogen and oxygen atoms in total. The Morgan fingerprint density at radius 2 is 1.64 bits per heavy atom. The second-order valence-corrected chi connectivity index (χ2v) is 16.7. The van der Waals surface area contributed by atoms with Gasteiger partial charge in [0.25, 0.3) is 0 Å². The number of imidazole rings is 2. The number of anilines is 2. The molecule has 1 aliphatic carbocycles. The van der Waals surface area contributed by atoms with Crippen LogP contribution in [0.1, 0.15) is 12.3 Å². The molecule has 4 aromatic rings. The van der Waals surface area contributed by atoms with Crippen LogP contribution < -0.4 is 11.5 Å². The van der Waals surface area contributed by atoms with Gasteiger partial charge < -0.3 is 40.0 Å². The first-order valence-corrected chi connectivity index (χ1v) is 19.0. The Morgan fingerprint density at radius 1 is 0.933 bits per heavy atom. The van der Waals surface area contributed by atoms with E-state index in [2.05, 4.69) is 42.2 Å². The number of fused-ring (bicyclic) bond motifs is 6. The van der Waals surface area contributed by atoms with Crippen LogP contribution in [0.25, 0.3) is 22.3 Å². The summed E-state index contributed by atoms with van der Waals surface area (Å²) in [6.07, 6.45) is -3.04. The molecule has 3 aliphatic heterocycles. The van der Waals surface area contributed by atoms with Crippen molar-refractivity contribution in [2.75, 3.05) is 24.7 Å². The molecule has 6 N–H and O–H groups in total. The lowest BCUT2D eigenvalue weighted by Gasteiger charge is -2.31. The van der Waals surface area contributed by atoms with E-state index in [1.807, 2.05) is 0 Å².